The SMILES string of the molecule is C=CCn1c(C)cc(C(=O)CSc2nnnn2CC(C)C)c1C. The molecule has 0 bridgehead atoms. The molecule has 0 atom stereocenters. The number of ketones is 1. The average molecular weight is 333 g/mol. The first-order chi connectivity index (χ1) is 10.9. The molecule has 0 spiro atoms. The van der Waals surface area contributed by atoms with Gasteiger partial charge in [-0.15, -0.1) is 11.7 Å². The molecule has 2 heterocycles. The quantitative estimate of drug-likeness (QED) is 0.422. The maximum absolute atomic E-state index is 12.5. The molecular weight excluding hydrogens is 310 g/mol. The Morgan fingerprint density at radius 1 is 1.43 bits per heavy atom. The normalized spacial score (nSPS) is 11.2. The van der Waals surface area contributed by atoms with Gasteiger partial charge in [0.25, 0.3) is 0 Å². The topological polar surface area (TPSA) is 65.6 Å². The molecule has 7 heteroatoms. The summed E-state index contributed by atoms with van der Waals surface area (Å²) in [7, 11) is 0. The van der Waals surface area contributed by atoms with Crippen LogP contribution >= 0.6 is 11.8 Å². The van der Waals surface area contributed by atoms with E-state index >= 15 is 0 Å². The number of allylic oxidation sites excluding steroid dienone is 1. The van der Waals surface area contributed by atoms with E-state index in [1.54, 1.807) is 4.68 Å². The summed E-state index contributed by atoms with van der Waals surface area (Å²) in [6.07, 6.45) is 1.84. The number of tetrazole rings is 1. The minimum atomic E-state index is 0.0949. The lowest BCUT2D eigenvalue weighted by Crippen LogP contribution is -2.10. The van der Waals surface area contributed by atoms with Gasteiger partial charge in [0.2, 0.25) is 5.16 Å². The summed E-state index contributed by atoms with van der Waals surface area (Å²) in [5, 5.41) is 12.4. The molecule has 0 aliphatic rings. The van der Waals surface area contributed by atoms with Gasteiger partial charge >= 0.3 is 0 Å². The van der Waals surface area contributed by atoms with Crippen molar-refractivity contribution < 1.29 is 4.79 Å². The molecule has 0 N–H and O–H groups in total. The zero-order valence-electron chi connectivity index (χ0n) is 14.1. The van der Waals surface area contributed by atoms with Gasteiger partial charge in [-0.25, -0.2) is 4.68 Å². The Kier molecular flexibility index (Phi) is 5.76. The van der Waals surface area contributed by atoms with Crippen molar-refractivity contribution in [3.05, 3.63) is 35.7 Å². The van der Waals surface area contributed by atoms with Gasteiger partial charge in [0.15, 0.2) is 5.78 Å². The van der Waals surface area contributed by atoms with Crippen LogP contribution in [-0.4, -0.2) is 36.3 Å². The fraction of sp³-hybridized carbons (Fsp3) is 0.500. The summed E-state index contributed by atoms with van der Waals surface area (Å²) in [5.74, 6) is 0.875. The number of Topliss-reactive ketones (excluding diaryl/α,β-unsaturated/α-hetero) is 1. The second-order valence-corrected chi connectivity index (χ2v) is 6.88. The molecule has 2 aromatic rings. The van der Waals surface area contributed by atoms with Gasteiger partial charge in [0, 0.05) is 30.0 Å². The smallest absolute Gasteiger partial charge is 0.209 e. The molecular formula is C16H23N5OS. The Morgan fingerprint density at radius 2 is 2.17 bits per heavy atom. The van der Waals surface area contributed by atoms with Crippen molar-refractivity contribution in [3.8, 4) is 0 Å². The molecule has 23 heavy (non-hydrogen) atoms. The maximum Gasteiger partial charge on any atom is 0.209 e. The van der Waals surface area contributed by atoms with Gasteiger partial charge in [-0.1, -0.05) is 31.7 Å². The zero-order chi connectivity index (χ0) is 17.0. The van der Waals surface area contributed by atoms with Crippen molar-refractivity contribution in [1.82, 2.24) is 24.8 Å². The Balaban J connectivity index is 2.07. The first-order valence-corrected chi connectivity index (χ1v) is 8.62. The number of thioether (sulfide) groups is 1. The summed E-state index contributed by atoms with van der Waals surface area (Å²) in [6.45, 7) is 13.4. The Morgan fingerprint density at radius 3 is 2.83 bits per heavy atom. The van der Waals surface area contributed by atoms with Gasteiger partial charge in [-0.05, 0) is 36.3 Å². The zero-order valence-corrected chi connectivity index (χ0v) is 14.9. The fourth-order valence-corrected chi connectivity index (χ4v) is 3.23. The van der Waals surface area contributed by atoms with Crippen molar-refractivity contribution in [3.63, 3.8) is 0 Å². The maximum atomic E-state index is 12.5. The lowest BCUT2D eigenvalue weighted by Gasteiger charge is -2.07. The molecule has 0 aromatic carbocycles. The Labute approximate surface area is 141 Å². The number of carbonyl (C=O) groups excluding carboxylic acids is 1. The molecule has 0 aliphatic heterocycles. The van der Waals surface area contributed by atoms with E-state index < -0.39 is 0 Å². The van der Waals surface area contributed by atoms with Crippen molar-refractivity contribution in [1.29, 1.82) is 0 Å². The predicted molar refractivity (Wildman–Crippen MR) is 91.8 cm³/mol. The number of rotatable bonds is 8. The van der Waals surface area contributed by atoms with E-state index in [1.165, 1.54) is 11.8 Å². The molecule has 2 rings (SSSR count). The van der Waals surface area contributed by atoms with E-state index in [0.29, 0.717) is 23.4 Å². The van der Waals surface area contributed by atoms with E-state index in [1.807, 2.05) is 26.0 Å². The number of aromatic nitrogens is 5. The first-order valence-electron chi connectivity index (χ1n) is 7.63. The highest BCUT2D eigenvalue weighted by Gasteiger charge is 2.17. The summed E-state index contributed by atoms with van der Waals surface area (Å²) in [5.41, 5.74) is 2.81. The second-order valence-electron chi connectivity index (χ2n) is 5.93. The van der Waals surface area contributed by atoms with Crippen molar-refractivity contribution in [2.24, 2.45) is 5.92 Å². The largest absolute Gasteiger partial charge is 0.345 e. The molecule has 0 fully saturated rings. The number of nitrogens with zero attached hydrogens (tertiary/aromatic N) is 5. The fourth-order valence-electron chi connectivity index (χ4n) is 2.46. The van der Waals surface area contributed by atoms with E-state index in [2.05, 4.69) is 40.5 Å². The monoisotopic (exact) mass is 333 g/mol. The molecule has 0 saturated heterocycles. The average Bonchev–Trinajstić information content (AvgIpc) is 3.03. The van der Waals surface area contributed by atoms with Crippen LogP contribution in [0.4, 0.5) is 0 Å². The third kappa shape index (κ3) is 4.10. The van der Waals surface area contributed by atoms with Gasteiger partial charge < -0.3 is 4.57 Å². The van der Waals surface area contributed by atoms with Crippen LogP contribution in [0.3, 0.4) is 0 Å². The van der Waals surface area contributed by atoms with E-state index in [0.717, 1.165) is 23.5 Å². The van der Waals surface area contributed by atoms with Crippen LogP contribution in [0.25, 0.3) is 0 Å². The van der Waals surface area contributed by atoms with Crippen molar-refractivity contribution in [2.75, 3.05) is 5.75 Å². The Bertz CT molecular complexity index is 701. The van der Waals surface area contributed by atoms with Crippen LogP contribution in [0, 0.1) is 19.8 Å². The number of carbonyl (C=O) groups is 1. The first kappa shape index (κ1) is 17.5. The van der Waals surface area contributed by atoms with Gasteiger partial charge in [-0.3, -0.25) is 4.79 Å². The minimum Gasteiger partial charge on any atom is -0.345 e. The number of hydrogen-bond donors (Lipinski definition) is 0. The van der Waals surface area contributed by atoms with Gasteiger partial charge in [-0.2, -0.15) is 0 Å². The van der Waals surface area contributed by atoms with Gasteiger partial charge in [0.1, 0.15) is 0 Å². The van der Waals surface area contributed by atoms with Crippen LogP contribution in [0.15, 0.2) is 23.9 Å². The highest BCUT2D eigenvalue weighted by molar-refractivity contribution is 7.99. The third-order valence-corrected chi connectivity index (χ3v) is 4.51. The lowest BCUT2D eigenvalue weighted by atomic mass is 10.2. The molecule has 0 aliphatic carbocycles. The molecule has 0 unspecified atom stereocenters. The molecule has 0 radical (unpaired) electrons. The molecule has 0 saturated carbocycles. The summed E-state index contributed by atoms with van der Waals surface area (Å²) < 4.78 is 3.84. The standard InChI is InChI=1S/C16H23N5OS/c1-6-7-20-12(4)8-14(13(20)5)15(22)10-23-16-17-18-19-21(16)9-11(2)3/h6,8,11H,1,7,9-10H2,2-5H3. The minimum absolute atomic E-state index is 0.0949. The Hall–Kier alpha value is -1.89. The lowest BCUT2D eigenvalue weighted by molar-refractivity contribution is 0.102. The highest BCUT2D eigenvalue weighted by Crippen LogP contribution is 2.21. The number of aryl methyl sites for hydroxylation is 1. The number of hydrogen-bond acceptors (Lipinski definition) is 5. The van der Waals surface area contributed by atoms with Crippen LogP contribution in [0.1, 0.15) is 35.6 Å². The summed E-state index contributed by atoms with van der Waals surface area (Å²) >= 11 is 1.38. The van der Waals surface area contributed by atoms with Crippen LogP contribution in [0.5, 0.6) is 0 Å². The third-order valence-electron chi connectivity index (χ3n) is 3.56. The van der Waals surface area contributed by atoms with Crippen molar-refractivity contribution in [2.45, 2.75) is 45.9 Å². The van der Waals surface area contributed by atoms with Gasteiger partial charge in [0.05, 0.1) is 5.75 Å². The second kappa shape index (κ2) is 7.59. The van der Waals surface area contributed by atoms with Crippen LogP contribution < -0.4 is 0 Å². The van der Waals surface area contributed by atoms with Crippen LogP contribution in [0.2, 0.25) is 0 Å². The van der Waals surface area contributed by atoms with Crippen LogP contribution in [-0.2, 0) is 13.1 Å². The summed E-state index contributed by atoms with van der Waals surface area (Å²) in [6, 6.07) is 1.94. The van der Waals surface area contributed by atoms with E-state index in [9.17, 15) is 4.79 Å². The molecule has 0 amide bonds. The van der Waals surface area contributed by atoms with E-state index in [-0.39, 0.29) is 5.78 Å². The molecule has 2 aromatic heterocycles. The van der Waals surface area contributed by atoms with Crippen molar-refractivity contribution >= 4 is 17.5 Å². The van der Waals surface area contributed by atoms with E-state index in [4.69, 9.17) is 0 Å². The molecule has 124 valence electrons. The summed E-state index contributed by atoms with van der Waals surface area (Å²) in [4.78, 5) is 12.5. The predicted octanol–water partition coefficient (Wildman–Crippen LogP) is 2.91. The highest BCUT2D eigenvalue weighted by atomic mass is 32.2. The molecule has 6 nitrogen and oxygen atoms in total.